The van der Waals surface area contributed by atoms with Crippen LogP contribution in [0.2, 0.25) is 0 Å². The first-order valence-electron chi connectivity index (χ1n) is 12.7. The number of hydrogen-bond donors (Lipinski definition) is 3. The molecule has 1 atom stereocenters. The van der Waals surface area contributed by atoms with Crippen molar-refractivity contribution in [3.05, 3.63) is 71.4 Å². The Balaban J connectivity index is 1.33. The number of nitrogens with two attached hydrogens (primary N) is 1. The number of carbonyl (C=O) groups is 2. The summed E-state index contributed by atoms with van der Waals surface area (Å²) in [6.45, 7) is 2.04. The number of nitrogens with zero attached hydrogens (tertiary/aromatic N) is 5. The van der Waals surface area contributed by atoms with E-state index >= 15 is 0 Å². The number of nitriles is 1. The van der Waals surface area contributed by atoms with Gasteiger partial charge in [-0.2, -0.15) is 10.1 Å². The minimum absolute atomic E-state index is 0.0195. The van der Waals surface area contributed by atoms with Gasteiger partial charge in [-0.1, -0.05) is 12.1 Å². The van der Waals surface area contributed by atoms with Crippen molar-refractivity contribution in [2.24, 2.45) is 5.73 Å². The van der Waals surface area contributed by atoms with Gasteiger partial charge in [0.15, 0.2) is 5.69 Å². The molecule has 0 radical (unpaired) electrons. The number of likely N-dealkylation sites (tertiary alicyclic amines) is 1. The zero-order chi connectivity index (χ0) is 26.9. The molecular weight excluding hydrogens is 487 g/mol. The number of pyridine rings is 1. The van der Waals surface area contributed by atoms with Crippen LogP contribution in [0.15, 0.2) is 48.8 Å². The summed E-state index contributed by atoms with van der Waals surface area (Å²) in [4.78, 5) is 32.8. The van der Waals surface area contributed by atoms with Crippen LogP contribution >= 0.6 is 0 Å². The topological polar surface area (TPSA) is 142 Å². The predicted molar refractivity (Wildman–Crippen MR) is 140 cm³/mol. The fourth-order valence-electron chi connectivity index (χ4n) is 4.51. The molecule has 198 valence electrons. The third-order valence-corrected chi connectivity index (χ3v) is 6.49. The second-order valence-electron chi connectivity index (χ2n) is 9.15. The Kier molecular flexibility index (Phi) is 9.00. The normalized spacial score (nSPS) is 14.8. The molecule has 1 fully saturated rings. The monoisotopic (exact) mass is 518 g/mol. The predicted octanol–water partition coefficient (Wildman–Crippen LogP) is 2.20. The van der Waals surface area contributed by atoms with Crippen LogP contribution in [0.25, 0.3) is 11.3 Å². The average Bonchev–Trinajstić information content (AvgIpc) is 3.57. The van der Waals surface area contributed by atoms with Gasteiger partial charge in [0.1, 0.15) is 11.9 Å². The zero-order valence-electron chi connectivity index (χ0n) is 21.1. The number of rotatable bonds is 11. The lowest BCUT2D eigenvalue weighted by Gasteiger charge is -2.25. The third kappa shape index (κ3) is 6.72. The lowest BCUT2D eigenvalue weighted by Crippen LogP contribution is -2.43. The van der Waals surface area contributed by atoms with Crippen LogP contribution < -0.4 is 16.5 Å². The van der Waals surface area contributed by atoms with Crippen LogP contribution in [0.3, 0.4) is 0 Å². The van der Waals surface area contributed by atoms with Crippen LogP contribution in [0.4, 0.5) is 4.39 Å². The molecule has 10 nitrogen and oxygen atoms in total. The van der Waals surface area contributed by atoms with Gasteiger partial charge in [-0.25, -0.2) is 4.39 Å². The second kappa shape index (κ2) is 12.8. The van der Waals surface area contributed by atoms with E-state index in [1.165, 1.54) is 23.1 Å². The molecule has 0 aliphatic carbocycles. The SMILES string of the molecule is N#Cc1nn(NCCc2cccc(F)c2)cc1-c1ccc(C(=O)NC[C@H]2CCCN2C(=O)CCCN)cn1. The van der Waals surface area contributed by atoms with Crippen molar-refractivity contribution in [3.8, 4) is 17.3 Å². The van der Waals surface area contributed by atoms with Crippen molar-refractivity contribution in [2.45, 2.75) is 38.1 Å². The van der Waals surface area contributed by atoms with Gasteiger partial charge in [0.2, 0.25) is 5.91 Å². The summed E-state index contributed by atoms with van der Waals surface area (Å²) in [6.07, 6.45) is 6.54. The van der Waals surface area contributed by atoms with Gasteiger partial charge in [0.05, 0.1) is 23.0 Å². The Morgan fingerprint density at radius 3 is 2.87 bits per heavy atom. The molecule has 0 bridgehead atoms. The van der Waals surface area contributed by atoms with Crippen molar-refractivity contribution < 1.29 is 14.0 Å². The molecule has 4 N–H and O–H groups in total. The molecule has 3 aromatic rings. The fraction of sp³-hybridized carbons (Fsp3) is 0.370. The second-order valence-corrected chi connectivity index (χ2v) is 9.15. The highest BCUT2D eigenvalue weighted by molar-refractivity contribution is 5.94. The van der Waals surface area contributed by atoms with Gasteiger partial charge >= 0.3 is 0 Å². The third-order valence-electron chi connectivity index (χ3n) is 6.49. The summed E-state index contributed by atoms with van der Waals surface area (Å²) in [5.41, 5.74) is 11.0. The number of aromatic nitrogens is 3. The molecule has 2 amide bonds. The first kappa shape index (κ1) is 26.8. The molecule has 0 spiro atoms. The standard InChI is InChI=1S/C27H31FN8O2/c28-21-5-1-4-19(14-21)10-12-33-36-18-23(25(15-30)34-36)24-9-8-20(16-31-24)27(38)32-17-22-6-3-13-35(22)26(37)7-2-11-29/h1,4-5,8-9,14,16,18,22,33H,2-3,6-7,10-13,17,29H2,(H,32,38)/t22-/m1/s1. The molecule has 1 aromatic carbocycles. The molecule has 0 unspecified atom stereocenters. The smallest absolute Gasteiger partial charge is 0.252 e. The van der Waals surface area contributed by atoms with Gasteiger partial charge in [0, 0.05) is 38.3 Å². The van der Waals surface area contributed by atoms with Crippen molar-refractivity contribution in [1.82, 2.24) is 25.1 Å². The van der Waals surface area contributed by atoms with E-state index < -0.39 is 0 Å². The van der Waals surface area contributed by atoms with Crippen LogP contribution in [0.1, 0.15) is 47.3 Å². The summed E-state index contributed by atoms with van der Waals surface area (Å²) in [5.74, 6) is -0.483. The summed E-state index contributed by atoms with van der Waals surface area (Å²) in [6, 6.07) is 11.7. The molecule has 11 heteroatoms. The highest BCUT2D eigenvalue weighted by Crippen LogP contribution is 2.21. The quantitative estimate of drug-likeness (QED) is 0.353. The Morgan fingerprint density at radius 2 is 2.13 bits per heavy atom. The van der Waals surface area contributed by atoms with Gasteiger partial charge < -0.3 is 21.4 Å². The lowest BCUT2D eigenvalue weighted by atomic mass is 10.1. The summed E-state index contributed by atoms with van der Waals surface area (Å²) >= 11 is 0. The molecule has 1 saturated heterocycles. The van der Waals surface area contributed by atoms with Gasteiger partial charge in [-0.15, -0.1) is 5.10 Å². The Hall–Kier alpha value is -4.30. The molecule has 38 heavy (non-hydrogen) atoms. The molecular formula is C27H31FN8O2. The highest BCUT2D eigenvalue weighted by Gasteiger charge is 2.28. The largest absolute Gasteiger partial charge is 0.350 e. The molecule has 4 rings (SSSR count). The molecule has 2 aromatic heterocycles. The maximum atomic E-state index is 13.4. The number of amides is 2. The van der Waals surface area contributed by atoms with E-state index in [0.717, 1.165) is 18.4 Å². The summed E-state index contributed by atoms with van der Waals surface area (Å²) in [5, 5.41) is 16.7. The number of nitrogens with one attached hydrogen (secondary N) is 2. The molecule has 1 aliphatic heterocycles. The molecule has 1 aliphatic rings. The van der Waals surface area contributed by atoms with Gasteiger partial charge in [0.25, 0.3) is 5.91 Å². The van der Waals surface area contributed by atoms with E-state index in [-0.39, 0.29) is 29.4 Å². The van der Waals surface area contributed by atoms with Crippen molar-refractivity contribution in [2.75, 3.05) is 31.6 Å². The van der Waals surface area contributed by atoms with Crippen LogP contribution in [-0.4, -0.2) is 63.8 Å². The fourth-order valence-corrected chi connectivity index (χ4v) is 4.51. The summed E-state index contributed by atoms with van der Waals surface area (Å²) in [7, 11) is 0. The Morgan fingerprint density at radius 1 is 1.26 bits per heavy atom. The minimum Gasteiger partial charge on any atom is -0.350 e. The van der Waals surface area contributed by atoms with E-state index in [0.29, 0.717) is 62.3 Å². The van der Waals surface area contributed by atoms with E-state index in [2.05, 4.69) is 26.9 Å². The number of carbonyl (C=O) groups excluding carboxylic acids is 2. The van der Waals surface area contributed by atoms with Gasteiger partial charge in [-0.3, -0.25) is 14.6 Å². The van der Waals surface area contributed by atoms with Crippen LogP contribution in [0, 0.1) is 17.1 Å². The van der Waals surface area contributed by atoms with E-state index in [9.17, 15) is 19.2 Å². The van der Waals surface area contributed by atoms with Gasteiger partial charge in [-0.05, 0) is 62.1 Å². The zero-order valence-corrected chi connectivity index (χ0v) is 21.1. The first-order valence-corrected chi connectivity index (χ1v) is 12.7. The van der Waals surface area contributed by atoms with E-state index in [1.807, 2.05) is 11.0 Å². The number of benzene rings is 1. The Labute approximate surface area is 220 Å². The van der Waals surface area contributed by atoms with E-state index in [4.69, 9.17) is 5.73 Å². The lowest BCUT2D eigenvalue weighted by molar-refractivity contribution is -0.132. The highest BCUT2D eigenvalue weighted by atomic mass is 19.1. The van der Waals surface area contributed by atoms with E-state index in [1.54, 1.807) is 24.4 Å². The summed E-state index contributed by atoms with van der Waals surface area (Å²) < 4.78 is 13.4. The maximum Gasteiger partial charge on any atom is 0.252 e. The molecule has 3 heterocycles. The average molecular weight is 519 g/mol. The maximum absolute atomic E-state index is 13.4. The van der Waals surface area contributed by atoms with Crippen molar-refractivity contribution >= 4 is 11.8 Å². The van der Waals surface area contributed by atoms with Crippen LogP contribution in [-0.2, 0) is 11.2 Å². The van der Waals surface area contributed by atoms with Crippen molar-refractivity contribution in [3.63, 3.8) is 0 Å². The number of hydrogen-bond acceptors (Lipinski definition) is 7. The molecule has 0 saturated carbocycles. The minimum atomic E-state index is -0.284. The first-order chi connectivity index (χ1) is 18.5. The van der Waals surface area contributed by atoms with Crippen molar-refractivity contribution in [1.29, 1.82) is 5.26 Å². The Bertz CT molecular complexity index is 1300. The number of halogens is 1. The van der Waals surface area contributed by atoms with Crippen LogP contribution in [0.5, 0.6) is 0 Å².